The van der Waals surface area contributed by atoms with Crippen molar-refractivity contribution in [3.05, 3.63) is 12.2 Å². The van der Waals surface area contributed by atoms with Crippen LogP contribution >= 0.6 is 0 Å². The van der Waals surface area contributed by atoms with Gasteiger partial charge in [0.2, 0.25) is 5.60 Å². The van der Waals surface area contributed by atoms with Crippen molar-refractivity contribution >= 4 is 23.1 Å². The molecule has 0 aromatic heterocycles. The van der Waals surface area contributed by atoms with E-state index in [1.54, 1.807) is 0 Å². The number of carbonyl (C=O) groups is 4. The lowest BCUT2D eigenvalue weighted by Gasteiger charge is -2.40. The third kappa shape index (κ3) is 12.1. The summed E-state index contributed by atoms with van der Waals surface area (Å²) in [5.41, 5.74) is -6.24. The Morgan fingerprint density at radius 3 is 1.60 bits per heavy atom. The van der Waals surface area contributed by atoms with Crippen molar-refractivity contribution in [2.45, 2.75) is 185 Å². The Morgan fingerprint density at radius 1 is 0.690 bits per heavy atom. The normalized spacial score (nSPS) is 17.2. The van der Waals surface area contributed by atoms with Crippen molar-refractivity contribution in [1.29, 1.82) is 0 Å². The van der Waals surface area contributed by atoms with Gasteiger partial charge in [0.05, 0.1) is 0 Å². The average molecular weight is 593 g/mol. The number of rotatable bonds is 27. The van der Waals surface area contributed by atoms with E-state index in [1.165, 1.54) is 51.4 Å². The zero-order valence-electron chi connectivity index (χ0n) is 26.7. The molecule has 0 heterocycles. The van der Waals surface area contributed by atoms with Gasteiger partial charge in [-0.15, -0.1) is 0 Å². The number of aliphatic hydroxyl groups is 3. The van der Waals surface area contributed by atoms with Crippen molar-refractivity contribution in [2.24, 2.45) is 0 Å². The second-order valence-electron chi connectivity index (χ2n) is 12.3. The molecule has 1 fully saturated rings. The summed E-state index contributed by atoms with van der Waals surface area (Å²) in [6.07, 6.45) is 21.4. The maximum atomic E-state index is 13.3. The standard InChI is InChI=1S/C35H60O7/c1-3-5-7-9-11-13-15-17-19-21-23-25-29(36)33(40)35(42,34(41)31(38)27-28-32(34)39)30(37)26-24-22-20-18-16-14-12-10-8-6-4-2/h10,12,33,40-42H,3-9,11,13-28H2,1-2H3/b12-10-. The highest BCUT2D eigenvalue weighted by Gasteiger charge is 2.69. The molecule has 0 aliphatic heterocycles. The first-order valence-electron chi connectivity index (χ1n) is 17.1. The molecule has 42 heavy (non-hydrogen) atoms. The molecule has 0 spiro atoms. The maximum Gasteiger partial charge on any atom is 0.220 e. The van der Waals surface area contributed by atoms with E-state index in [4.69, 9.17) is 0 Å². The van der Waals surface area contributed by atoms with Crippen LogP contribution in [0.2, 0.25) is 0 Å². The number of hydrogen-bond acceptors (Lipinski definition) is 7. The van der Waals surface area contributed by atoms with Crippen LogP contribution in [0, 0.1) is 0 Å². The van der Waals surface area contributed by atoms with Gasteiger partial charge in [-0.3, -0.25) is 19.2 Å². The Bertz CT molecular complexity index is 817. The van der Waals surface area contributed by atoms with E-state index in [-0.39, 0.29) is 25.7 Å². The molecule has 7 heteroatoms. The molecule has 7 nitrogen and oxygen atoms in total. The van der Waals surface area contributed by atoms with Crippen molar-refractivity contribution in [3.63, 3.8) is 0 Å². The van der Waals surface area contributed by atoms with E-state index in [2.05, 4.69) is 26.0 Å². The number of aliphatic hydroxyl groups excluding tert-OH is 1. The van der Waals surface area contributed by atoms with Gasteiger partial charge < -0.3 is 15.3 Å². The Hall–Kier alpha value is -1.70. The zero-order valence-corrected chi connectivity index (χ0v) is 26.7. The topological polar surface area (TPSA) is 129 Å². The third-order valence-electron chi connectivity index (χ3n) is 8.76. The van der Waals surface area contributed by atoms with Crippen LogP contribution in [0.5, 0.6) is 0 Å². The number of carbonyl (C=O) groups excluding carboxylic acids is 4. The largest absolute Gasteiger partial charge is 0.382 e. The first kappa shape index (κ1) is 38.3. The molecule has 1 rings (SSSR count). The van der Waals surface area contributed by atoms with Gasteiger partial charge in [0.25, 0.3) is 0 Å². The van der Waals surface area contributed by atoms with E-state index in [9.17, 15) is 34.5 Å². The Kier molecular flexibility index (Phi) is 20.0. The van der Waals surface area contributed by atoms with Gasteiger partial charge in [0.15, 0.2) is 34.8 Å². The van der Waals surface area contributed by atoms with Crippen LogP contribution in [-0.2, 0) is 19.2 Å². The predicted octanol–water partition coefficient (Wildman–Crippen LogP) is 7.06. The van der Waals surface area contributed by atoms with E-state index >= 15 is 0 Å². The molecular formula is C35H60O7. The minimum absolute atomic E-state index is 0.0981. The SMILES string of the molecule is CCCC/C=C\CCCCCCCC(=O)C(O)(C(O)C(=O)CCCCCCCCCCCCC)C1(O)C(=O)CCC1=O. The zero-order chi connectivity index (χ0) is 31.3. The van der Waals surface area contributed by atoms with Gasteiger partial charge in [-0.05, 0) is 32.1 Å². The quantitative estimate of drug-likeness (QED) is 0.0529. The lowest BCUT2D eigenvalue weighted by molar-refractivity contribution is -0.202. The maximum absolute atomic E-state index is 13.3. The lowest BCUT2D eigenvalue weighted by atomic mass is 9.70. The van der Waals surface area contributed by atoms with Crippen LogP contribution in [0.25, 0.3) is 0 Å². The molecular weight excluding hydrogens is 532 g/mol. The number of hydrogen-bond donors (Lipinski definition) is 3. The molecule has 2 atom stereocenters. The summed E-state index contributed by atoms with van der Waals surface area (Å²) in [7, 11) is 0. The summed E-state index contributed by atoms with van der Waals surface area (Å²) in [5, 5.41) is 33.4. The molecule has 1 aliphatic rings. The third-order valence-corrected chi connectivity index (χ3v) is 8.76. The molecule has 0 aromatic rings. The predicted molar refractivity (Wildman–Crippen MR) is 167 cm³/mol. The fraction of sp³-hybridized carbons (Fsp3) is 0.829. The van der Waals surface area contributed by atoms with Crippen LogP contribution in [0.4, 0.5) is 0 Å². The number of Topliss-reactive ketones (excluding diaryl/α,β-unsaturated/α-hetero) is 4. The number of unbranched alkanes of at least 4 members (excludes halogenated alkanes) is 17. The van der Waals surface area contributed by atoms with Crippen LogP contribution < -0.4 is 0 Å². The van der Waals surface area contributed by atoms with Crippen molar-refractivity contribution in [2.75, 3.05) is 0 Å². The van der Waals surface area contributed by atoms with Crippen LogP contribution in [0.15, 0.2) is 12.2 Å². The monoisotopic (exact) mass is 592 g/mol. The van der Waals surface area contributed by atoms with E-state index in [1.807, 2.05) is 0 Å². The smallest absolute Gasteiger partial charge is 0.220 e. The fourth-order valence-electron chi connectivity index (χ4n) is 5.88. The highest BCUT2D eigenvalue weighted by molar-refractivity contribution is 6.21. The van der Waals surface area contributed by atoms with Crippen molar-refractivity contribution in [1.82, 2.24) is 0 Å². The Morgan fingerprint density at radius 2 is 1.10 bits per heavy atom. The number of allylic oxidation sites excluding steroid dienone is 2. The molecule has 0 aromatic carbocycles. The molecule has 0 bridgehead atoms. The molecule has 0 radical (unpaired) electrons. The highest BCUT2D eigenvalue weighted by Crippen LogP contribution is 2.38. The average Bonchev–Trinajstić information content (AvgIpc) is 3.25. The van der Waals surface area contributed by atoms with E-state index in [0.717, 1.165) is 57.8 Å². The van der Waals surface area contributed by atoms with Gasteiger partial charge in [-0.25, -0.2) is 0 Å². The van der Waals surface area contributed by atoms with Gasteiger partial charge in [-0.1, -0.05) is 122 Å². The summed E-state index contributed by atoms with van der Waals surface area (Å²) in [6.45, 7) is 4.37. The first-order chi connectivity index (χ1) is 20.2. The van der Waals surface area contributed by atoms with Gasteiger partial charge in [0.1, 0.15) is 0 Å². The van der Waals surface area contributed by atoms with E-state index < -0.39 is 40.4 Å². The highest BCUT2D eigenvalue weighted by atomic mass is 16.4. The molecule has 0 amide bonds. The molecule has 242 valence electrons. The summed E-state index contributed by atoms with van der Waals surface area (Å²) in [5.74, 6) is -3.88. The van der Waals surface area contributed by atoms with Gasteiger partial charge in [-0.2, -0.15) is 0 Å². The second kappa shape index (κ2) is 21.9. The summed E-state index contributed by atoms with van der Waals surface area (Å²) < 4.78 is 0. The summed E-state index contributed by atoms with van der Waals surface area (Å²) >= 11 is 0. The molecule has 1 aliphatic carbocycles. The van der Waals surface area contributed by atoms with Gasteiger partial charge >= 0.3 is 0 Å². The minimum atomic E-state index is -3.16. The molecule has 2 unspecified atom stereocenters. The first-order valence-corrected chi connectivity index (χ1v) is 17.1. The minimum Gasteiger partial charge on any atom is -0.382 e. The summed E-state index contributed by atoms with van der Waals surface area (Å²) in [6, 6.07) is 0. The Balaban J connectivity index is 2.57. The Labute approximate surface area is 254 Å². The van der Waals surface area contributed by atoms with E-state index in [0.29, 0.717) is 19.3 Å². The van der Waals surface area contributed by atoms with Crippen LogP contribution in [0.3, 0.4) is 0 Å². The van der Waals surface area contributed by atoms with Crippen LogP contribution in [-0.4, -0.2) is 55.8 Å². The van der Waals surface area contributed by atoms with Gasteiger partial charge in [0, 0.05) is 25.7 Å². The molecule has 0 saturated heterocycles. The van der Waals surface area contributed by atoms with Crippen molar-refractivity contribution in [3.8, 4) is 0 Å². The number of ketones is 4. The van der Waals surface area contributed by atoms with Crippen molar-refractivity contribution < 1.29 is 34.5 Å². The summed E-state index contributed by atoms with van der Waals surface area (Å²) in [4.78, 5) is 51.4. The lowest BCUT2D eigenvalue weighted by Crippen LogP contribution is -2.72. The molecule has 1 saturated carbocycles. The molecule has 3 N–H and O–H groups in total. The fourth-order valence-corrected chi connectivity index (χ4v) is 5.88. The second-order valence-corrected chi connectivity index (χ2v) is 12.3. The van der Waals surface area contributed by atoms with Crippen LogP contribution in [0.1, 0.15) is 168 Å².